The number of rotatable bonds is 2. The molecule has 1 aromatic heterocycles. The van der Waals surface area contributed by atoms with Crippen molar-refractivity contribution in [1.29, 1.82) is 0 Å². The summed E-state index contributed by atoms with van der Waals surface area (Å²) in [5.74, 6) is -0.396. The van der Waals surface area contributed by atoms with Crippen molar-refractivity contribution in [3.63, 3.8) is 0 Å². The van der Waals surface area contributed by atoms with Crippen LogP contribution in [0.4, 0.5) is 0 Å². The Kier molecular flexibility index (Phi) is 3.05. The van der Waals surface area contributed by atoms with E-state index in [9.17, 15) is 4.79 Å². The number of hydrogen-bond donors (Lipinski definition) is 0. The van der Waals surface area contributed by atoms with Crippen molar-refractivity contribution in [2.24, 2.45) is 0 Å². The van der Waals surface area contributed by atoms with E-state index in [2.05, 4.69) is 4.98 Å². The number of ether oxygens (including phenoxy) is 1. The summed E-state index contributed by atoms with van der Waals surface area (Å²) in [5, 5.41) is 0.431. The van der Waals surface area contributed by atoms with E-state index in [1.807, 2.05) is 0 Å². The molecule has 0 radical (unpaired) electrons. The molecular formula is C8H8ClNO2. The topological polar surface area (TPSA) is 39.2 Å². The molecule has 0 aliphatic rings. The van der Waals surface area contributed by atoms with Crippen LogP contribution in [0.15, 0.2) is 18.5 Å². The number of esters is 1. The first kappa shape index (κ1) is 9.00. The van der Waals surface area contributed by atoms with Gasteiger partial charge in [-0.3, -0.25) is 4.98 Å². The Labute approximate surface area is 75.3 Å². The van der Waals surface area contributed by atoms with Gasteiger partial charge in [0.25, 0.3) is 0 Å². The maximum absolute atomic E-state index is 11.1. The highest BCUT2D eigenvalue weighted by atomic mass is 35.5. The van der Waals surface area contributed by atoms with Crippen LogP contribution in [0, 0.1) is 0 Å². The Morgan fingerprint density at radius 1 is 1.67 bits per heavy atom. The van der Waals surface area contributed by atoms with Gasteiger partial charge in [0.15, 0.2) is 0 Å². The van der Waals surface area contributed by atoms with Crippen LogP contribution in [0.1, 0.15) is 17.3 Å². The molecule has 1 aromatic rings. The summed E-state index contributed by atoms with van der Waals surface area (Å²) in [5.41, 5.74) is 0.379. The molecule has 0 saturated carbocycles. The minimum absolute atomic E-state index is 0.353. The van der Waals surface area contributed by atoms with Crippen LogP contribution in [0.5, 0.6) is 0 Å². The zero-order chi connectivity index (χ0) is 8.97. The molecule has 0 bridgehead atoms. The summed E-state index contributed by atoms with van der Waals surface area (Å²) < 4.78 is 4.75. The summed E-state index contributed by atoms with van der Waals surface area (Å²) in [6, 6.07) is 1.52. The molecule has 1 heterocycles. The van der Waals surface area contributed by atoms with Crippen molar-refractivity contribution in [2.45, 2.75) is 6.92 Å². The molecule has 4 heteroatoms. The van der Waals surface area contributed by atoms with Crippen molar-refractivity contribution in [1.82, 2.24) is 4.98 Å². The Hall–Kier alpha value is -1.09. The van der Waals surface area contributed by atoms with E-state index in [1.54, 1.807) is 6.92 Å². The predicted octanol–water partition coefficient (Wildman–Crippen LogP) is 1.91. The van der Waals surface area contributed by atoms with E-state index in [1.165, 1.54) is 18.5 Å². The maximum Gasteiger partial charge on any atom is 0.339 e. The quantitative estimate of drug-likeness (QED) is 0.661. The van der Waals surface area contributed by atoms with Gasteiger partial charge in [-0.25, -0.2) is 4.79 Å². The van der Waals surface area contributed by atoms with Crippen LogP contribution >= 0.6 is 11.6 Å². The Morgan fingerprint density at radius 2 is 2.42 bits per heavy atom. The number of carbonyl (C=O) groups excluding carboxylic acids is 1. The van der Waals surface area contributed by atoms with Gasteiger partial charge in [-0.05, 0) is 13.0 Å². The van der Waals surface area contributed by atoms with Gasteiger partial charge in [0.05, 0.1) is 17.2 Å². The third-order valence-electron chi connectivity index (χ3n) is 1.22. The van der Waals surface area contributed by atoms with Crippen molar-refractivity contribution in [2.75, 3.05) is 6.61 Å². The van der Waals surface area contributed by atoms with Crippen molar-refractivity contribution in [3.05, 3.63) is 29.0 Å². The van der Waals surface area contributed by atoms with E-state index in [-0.39, 0.29) is 0 Å². The normalized spacial score (nSPS) is 9.50. The van der Waals surface area contributed by atoms with Crippen molar-refractivity contribution < 1.29 is 9.53 Å². The van der Waals surface area contributed by atoms with Gasteiger partial charge in [0.1, 0.15) is 0 Å². The summed E-state index contributed by atoms with van der Waals surface area (Å²) in [6.07, 6.45) is 2.88. The summed E-state index contributed by atoms with van der Waals surface area (Å²) in [6.45, 7) is 2.10. The van der Waals surface area contributed by atoms with E-state index in [0.29, 0.717) is 17.2 Å². The lowest BCUT2D eigenvalue weighted by Gasteiger charge is -2.00. The number of halogens is 1. The Morgan fingerprint density at radius 3 is 3.00 bits per heavy atom. The summed E-state index contributed by atoms with van der Waals surface area (Å²) >= 11 is 5.62. The van der Waals surface area contributed by atoms with Gasteiger partial charge >= 0.3 is 5.97 Å². The molecule has 0 amide bonds. The highest BCUT2D eigenvalue weighted by Gasteiger charge is 2.05. The highest BCUT2D eigenvalue weighted by Crippen LogP contribution is 2.09. The van der Waals surface area contributed by atoms with Crippen molar-refractivity contribution >= 4 is 17.6 Å². The number of nitrogens with zero attached hydrogens (tertiary/aromatic N) is 1. The molecule has 0 aliphatic carbocycles. The highest BCUT2D eigenvalue weighted by molar-refractivity contribution is 6.30. The molecule has 0 N–H and O–H groups in total. The second kappa shape index (κ2) is 4.07. The third kappa shape index (κ3) is 2.20. The van der Waals surface area contributed by atoms with Crippen LogP contribution in [0.2, 0.25) is 5.02 Å². The average molecular weight is 186 g/mol. The van der Waals surface area contributed by atoms with Gasteiger partial charge in [0.2, 0.25) is 0 Å². The second-order valence-corrected chi connectivity index (χ2v) is 2.55. The lowest BCUT2D eigenvalue weighted by atomic mass is 10.3. The fourth-order valence-corrected chi connectivity index (χ4v) is 0.912. The first-order chi connectivity index (χ1) is 5.74. The Balaban J connectivity index is 2.81. The molecule has 0 aromatic carbocycles. The van der Waals surface area contributed by atoms with E-state index in [0.717, 1.165) is 0 Å². The average Bonchev–Trinajstić information content (AvgIpc) is 2.05. The molecule has 0 unspecified atom stereocenters. The number of pyridine rings is 1. The van der Waals surface area contributed by atoms with Crippen LogP contribution in [0.3, 0.4) is 0 Å². The lowest BCUT2D eigenvalue weighted by molar-refractivity contribution is 0.0526. The zero-order valence-electron chi connectivity index (χ0n) is 6.58. The lowest BCUT2D eigenvalue weighted by Crippen LogP contribution is -2.04. The molecule has 0 atom stereocenters. The fourth-order valence-electron chi connectivity index (χ4n) is 0.738. The predicted molar refractivity (Wildman–Crippen MR) is 45.2 cm³/mol. The molecule has 1 rings (SSSR count). The molecule has 12 heavy (non-hydrogen) atoms. The largest absolute Gasteiger partial charge is 0.462 e. The number of aromatic nitrogens is 1. The fraction of sp³-hybridized carbons (Fsp3) is 0.250. The van der Waals surface area contributed by atoms with Crippen LogP contribution in [-0.2, 0) is 4.74 Å². The summed E-state index contributed by atoms with van der Waals surface area (Å²) in [7, 11) is 0. The first-order valence-electron chi connectivity index (χ1n) is 3.51. The van der Waals surface area contributed by atoms with Crippen LogP contribution in [0.25, 0.3) is 0 Å². The van der Waals surface area contributed by atoms with Gasteiger partial charge in [-0.15, -0.1) is 0 Å². The minimum Gasteiger partial charge on any atom is -0.462 e. The standard InChI is InChI=1S/C8H8ClNO2/c1-2-12-8(11)6-3-7(9)5-10-4-6/h3-5H,2H2,1H3. The van der Waals surface area contributed by atoms with Crippen molar-refractivity contribution in [3.8, 4) is 0 Å². The summed E-state index contributed by atoms with van der Waals surface area (Å²) in [4.78, 5) is 14.8. The smallest absolute Gasteiger partial charge is 0.339 e. The van der Waals surface area contributed by atoms with Gasteiger partial charge in [0, 0.05) is 12.4 Å². The molecule has 0 spiro atoms. The van der Waals surface area contributed by atoms with E-state index < -0.39 is 5.97 Å². The number of carbonyl (C=O) groups is 1. The molecule has 0 saturated heterocycles. The SMILES string of the molecule is CCOC(=O)c1cncc(Cl)c1. The first-order valence-corrected chi connectivity index (χ1v) is 3.89. The number of hydrogen-bond acceptors (Lipinski definition) is 3. The molecule has 64 valence electrons. The van der Waals surface area contributed by atoms with Crippen LogP contribution < -0.4 is 0 Å². The second-order valence-electron chi connectivity index (χ2n) is 2.11. The van der Waals surface area contributed by atoms with Gasteiger partial charge in [-0.1, -0.05) is 11.6 Å². The Bertz CT molecular complexity index is 288. The maximum atomic E-state index is 11.1. The molecule has 0 fully saturated rings. The third-order valence-corrected chi connectivity index (χ3v) is 1.42. The van der Waals surface area contributed by atoms with E-state index >= 15 is 0 Å². The van der Waals surface area contributed by atoms with E-state index in [4.69, 9.17) is 16.3 Å². The molecule has 0 aliphatic heterocycles. The van der Waals surface area contributed by atoms with Gasteiger partial charge in [-0.2, -0.15) is 0 Å². The molecule has 3 nitrogen and oxygen atoms in total. The monoisotopic (exact) mass is 185 g/mol. The minimum atomic E-state index is -0.396. The zero-order valence-corrected chi connectivity index (χ0v) is 7.34. The van der Waals surface area contributed by atoms with Crippen LogP contribution in [-0.4, -0.2) is 17.6 Å². The molecular weight excluding hydrogens is 178 g/mol. The van der Waals surface area contributed by atoms with Gasteiger partial charge < -0.3 is 4.74 Å².